The summed E-state index contributed by atoms with van der Waals surface area (Å²) in [6.45, 7) is 1.52. The zero-order valence-corrected chi connectivity index (χ0v) is 9.38. The molecule has 0 fully saturated rings. The van der Waals surface area contributed by atoms with Gasteiger partial charge in [-0.05, 0) is 19.1 Å². The molecule has 0 amide bonds. The van der Waals surface area contributed by atoms with Crippen LogP contribution in [0.5, 0.6) is 0 Å². The van der Waals surface area contributed by atoms with E-state index >= 15 is 0 Å². The summed E-state index contributed by atoms with van der Waals surface area (Å²) in [5.74, 6) is 0. The SMILES string of the molecule is Cc1c(-c2cccc(C(F)(F)F)c2)nc[nH]c1=O. The first kappa shape index (κ1) is 12.3. The van der Waals surface area contributed by atoms with E-state index in [2.05, 4.69) is 9.97 Å². The largest absolute Gasteiger partial charge is 0.416 e. The smallest absolute Gasteiger partial charge is 0.313 e. The number of aromatic amines is 1. The van der Waals surface area contributed by atoms with E-state index in [4.69, 9.17) is 0 Å². The third-order valence-electron chi connectivity index (χ3n) is 2.55. The fourth-order valence-electron chi connectivity index (χ4n) is 1.60. The molecule has 6 heteroatoms. The van der Waals surface area contributed by atoms with Crippen LogP contribution in [-0.4, -0.2) is 9.97 Å². The molecule has 0 saturated heterocycles. The average molecular weight is 254 g/mol. The van der Waals surface area contributed by atoms with Gasteiger partial charge < -0.3 is 4.98 Å². The molecule has 0 saturated carbocycles. The molecule has 2 aromatic rings. The summed E-state index contributed by atoms with van der Waals surface area (Å²) in [6.07, 6.45) is -3.24. The number of aromatic nitrogens is 2. The molecule has 0 aliphatic rings. The van der Waals surface area contributed by atoms with Crippen molar-refractivity contribution in [2.24, 2.45) is 0 Å². The molecule has 1 aromatic heterocycles. The maximum atomic E-state index is 12.6. The maximum Gasteiger partial charge on any atom is 0.416 e. The minimum atomic E-state index is -4.41. The summed E-state index contributed by atoms with van der Waals surface area (Å²) in [5, 5.41) is 0. The van der Waals surface area contributed by atoms with E-state index in [0.717, 1.165) is 12.1 Å². The number of nitrogens with zero attached hydrogens (tertiary/aromatic N) is 1. The second-order valence-electron chi connectivity index (χ2n) is 3.78. The predicted octanol–water partition coefficient (Wildman–Crippen LogP) is 2.76. The summed E-state index contributed by atoms with van der Waals surface area (Å²) in [7, 11) is 0. The Bertz CT molecular complexity index is 632. The lowest BCUT2D eigenvalue weighted by Gasteiger charge is -2.09. The quantitative estimate of drug-likeness (QED) is 0.850. The van der Waals surface area contributed by atoms with Gasteiger partial charge in [0, 0.05) is 11.1 Å². The van der Waals surface area contributed by atoms with E-state index in [0.29, 0.717) is 0 Å². The van der Waals surface area contributed by atoms with Crippen molar-refractivity contribution >= 4 is 0 Å². The molecule has 0 atom stereocenters. The highest BCUT2D eigenvalue weighted by Crippen LogP contribution is 2.31. The molecular formula is C12H9F3N2O. The Balaban J connectivity index is 2.59. The third-order valence-corrected chi connectivity index (χ3v) is 2.55. The number of alkyl halides is 3. The Morgan fingerprint density at radius 3 is 2.67 bits per heavy atom. The van der Waals surface area contributed by atoms with Crippen molar-refractivity contribution in [3.8, 4) is 11.3 Å². The summed E-state index contributed by atoms with van der Waals surface area (Å²) in [4.78, 5) is 17.7. The minimum absolute atomic E-state index is 0.254. The van der Waals surface area contributed by atoms with Gasteiger partial charge in [-0.2, -0.15) is 13.2 Å². The highest BCUT2D eigenvalue weighted by atomic mass is 19.4. The summed E-state index contributed by atoms with van der Waals surface area (Å²) in [6, 6.07) is 4.74. The van der Waals surface area contributed by atoms with Crippen molar-refractivity contribution in [3.05, 3.63) is 52.1 Å². The van der Waals surface area contributed by atoms with Gasteiger partial charge in [-0.15, -0.1) is 0 Å². The van der Waals surface area contributed by atoms with Crippen LogP contribution in [0.4, 0.5) is 13.2 Å². The molecule has 0 unspecified atom stereocenters. The summed E-state index contributed by atoms with van der Waals surface area (Å²) in [5.41, 5.74) is -0.311. The lowest BCUT2D eigenvalue weighted by Crippen LogP contribution is -2.11. The third kappa shape index (κ3) is 2.27. The van der Waals surface area contributed by atoms with Crippen LogP contribution in [0.1, 0.15) is 11.1 Å². The average Bonchev–Trinajstić information content (AvgIpc) is 2.32. The molecule has 2 rings (SSSR count). The monoisotopic (exact) mass is 254 g/mol. The topological polar surface area (TPSA) is 45.8 Å². The van der Waals surface area contributed by atoms with Crippen molar-refractivity contribution in [3.63, 3.8) is 0 Å². The zero-order valence-electron chi connectivity index (χ0n) is 9.38. The molecule has 3 nitrogen and oxygen atoms in total. The van der Waals surface area contributed by atoms with E-state index < -0.39 is 11.7 Å². The van der Waals surface area contributed by atoms with Gasteiger partial charge in [0.1, 0.15) is 0 Å². The van der Waals surface area contributed by atoms with Gasteiger partial charge in [0.15, 0.2) is 0 Å². The van der Waals surface area contributed by atoms with Crippen molar-refractivity contribution in [2.75, 3.05) is 0 Å². The number of hydrogen-bond donors (Lipinski definition) is 1. The van der Waals surface area contributed by atoms with Crippen LogP contribution in [0, 0.1) is 6.92 Å². The van der Waals surface area contributed by atoms with Crippen LogP contribution in [0.25, 0.3) is 11.3 Å². The molecule has 0 bridgehead atoms. The van der Waals surface area contributed by atoms with E-state index in [1.165, 1.54) is 25.4 Å². The number of nitrogens with one attached hydrogen (secondary N) is 1. The fourth-order valence-corrected chi connectivity index (χ4v) is 1.60. The van der Waals surface area contributed by atoms with Crippen LogP contribution < -0.4 is 5.56 Å². The molecule has 1 aromatic carbocycles. The van der Waals surface area contributed by atoms with Crippen LogP contribution in [-0.2, 0) is 6.18 Å². The molecule has 18 heavy (non-hydrogen) atoms. The molecule has 94 valence electrons. The van der Waals surface area contributed by atoms with Crippen molar-refractivity contribution in [1.29, 1.82) is 0 Å². The lowest BCUT2D eigenvalue weighted by molar-refractivity contribution is -0.137. The summed E-state index contributed by atoms with van der Waals surface area (Å²) >= 11 is 0. The van der Waals surface area contributed by atoms with Crippen LogP contribution in [0.3, 0.4) is 0 Å². The Morgan fingerprint density at radius 1 is 1.28 bits per heavy atom. The summed E-state index contributed by atoms with van der Waals surface area (Å²) < 4.78 is 37.7. The molecule has 1 heterocycles. The highest BCUT2D eigenvalue weighted by molar-refractivity contribution is 5.63. The van der Waals surface area contributed by atoms with Crippen molar-refractivity contribution in [2.45, 2.75) is 13.1 Å². The van der Waals surface area contributed by atoms with Crippen LogP contribution in [0.15, 0.2) is 35.4 Å². The lowest BCUT2D eigenvalue weighted by atomic mass is 10.0. The van der Waals surface area contributed by atoms with Gasteiger partial charge >= 0.3 is 6.18 Å². The zero-order chi connectivity index (χ0) is 13.3. The second kappa shape index (κ2) is 4.29. The first-order chi connectivity index (χ1) is 8.39. The molecule has 0 radical (unpaired) electrons. The van der Waals surface area contributed by atoms with Gasteiger partial charge in [0.05, 0.1) is 17.6 Å². The van der Waals surface area contributed by atoms with E-state index in [9.17, 15) is 18.0 Å². The number of H-pyrrole nitrogens is 1. The predicted molar refractivity (Wildman–Crippen MR) is 60.0 cm³/mol. The Morgan fingerprint density at radius 2 is 2.00 bits per heavy atom. The van der Waals surface area contributed by atoms with Gasteiger partial charge in [0.2, 0.25) is 0 Å². The molecule has 0 aliphatic heterocycles. The number of rotatable bonds is 1. The number of halogens is 3. The molecular weight excluding hydrogens is 245 g/mol. The van der Waals surface area contributed by atoms with Crippen molar-refractivity contribution in [1.82, 2.24) is 9.97 Å². The normalized spacial score (nSPS) is 11.6. The standard InChI is InChI=1S/C12H9F3N2O/c1-7-10(16-6-17-11(7)18)8-3-2-4-9(5-8)12(13,14)15/h2-6H,1H3,(H,16,17,18). The van der Waals surface area contributed by atoms with Gasteiger partial charge in [0.25, 0.3) is 5.56 Å². The van der Waals surface area contributed by atoms with Crippen LogP contribution >= 0.6 is 0 Å². The minimum Gasteiger partial charge on any atom is -0.313 e. The first-order valence-electron chi connectivity index (χ1n) is 5.11. The second-order valence-corrected chi connectivity index (χ2v) is 3.78. The Hall–Kier alpha value is -2.11. The van der Waals surface area contributed by atoms with Gasteiger partial charge in [-0.25, -0.2) is 4.98 Å². The Labute approximate surface area is 100 Å². The van der Waals surface area contributed by atoms with E-state index in [1.54, 1.807) is 0 Å². The Kier molecular flexibility index (Phi) is 2.94. The van der Waals surface area contributed by atoms with Crippen LogP contribution in [0.2, 0.25) is 0 Å². The fraction of sp³-hybridized carbons (Fsp3) is 0.167. The number of hydrogen-bond acceptors (Lipinski definition) is 2. The highest BCUT2D eigenvalue weighted by Gasteiger charge is 2.30. The maximum absolute atomic E-state index is 12.6. The first-order valence-corrected chi connectivity index (χ1v) is 5.11. The molecule has 0 aliphatic carbocycles. The van der Waals surface area contributed by atoms with Gasteiger partial charge in [-0.1, -0.05) is 12.1 Å². The van der Waals surface area contributed by atoms with E-state index in [1.807, 2.05) is 0 Å². The molecule has 0 spiro atoms. The van der Waals surface area contributed by atoms with Gasteiger partial charge in [-0.3, -0.25) is 4.79 Å². The van der Waals surface area contributed by atoms with Crippen molar-refractivity contribution < 1.29 is 13.2 Å². The molecule has 1 N–H and O–H groups in total. The van der Waals surface area contributed by atoms with E-state index in [-0.39, 0.29) is 22.4 Å². The number of benzene rings is 1.